The maximum atomic E-state index is 14.8. The minimum atomic E-state index is -4.64. The molecule has 2 aromatic rings. The third-order valence-electron chi connectivity index (χ3n) is 4.57. The summed E-state index contributed by atoms with van der Waals surface area (Å²) in [7, 11) is -3.69. The van der Waals surface area contributed by atoms with Gasteiger partial charge < -0.3 is 4.90 Å². The average molecular weight is 432 g/mol. The third kappa shape index (κ3) is 5.34. The quantitative estimate of drug-likeness (QED) is 0.731. The first-order valence-electron chi connectivity index (χ1n) is 8.98. The van der Waals surface area contributed by atoms with Gasteiger partial charge in [0.05, 0.1) is 23.3 Å². The molecule has 29 heavy (non-hydrogen) atoms. The van der Waals surface area contributed by atoms with Gasteiger partial charge in [-0.25, -0.2) is 12.8 Å². The van der Waals surface area contributed by atoms with Crippen molar-refractivity contribution in [3.05, 3.63) is 47.0 Å². The van der Waals surface area contributed by atoms with Crippen LogP contribution in [0.25, 0.3) is 0 Å². The van der Waals surface area contributed by atoms with Gasteiger partial charge in [0, 0.05) is 19.5 Å². The molecule has 1 N–H and O–H groups in total. The zero-order valence-electron chi connectivity index (χ0n) is 15.6. The highest BCUT2D eigenvalue weighted by Gasteiger charge is 2.34. The average Bonchev–Trinajstić information content (AvgIpc) is 2.64. The van der Waals surface area contributed by atoms with Crippen molar-refractivity contribution in [2.75, 3.05) is 29.0 Å². The van der Waals surface area contributed by atoms with Crippen molar-refractivity contribution in [3.8, 4) is 0 Å². The van der Waals surface area contributed by atoms with Gasteiger partial charge in [-0.3, -0.25) is 4.72 Å². The van der Waals surface area contributed by atoms with Crippen molar-refractivity contribution in [2.45, 2.75) is 31.9 Å². The lowest BCUT2D eigenvalue weighted by Gasteiger charge is -2.30. The number of hydrogen-bond acceptors (Lipinski definition) is 5. The van der Waals surface area contributed by atoms with Crippen molar-refractivity contribution >= 4 is 21.4 Å². The van der Waals surface area contributed by atoms with Crippen LogP contribution in [0, 0.1) is 5.82 Å². The van der Waals surface area contributed by atoms with E-state index in [-0.39, 0.29) is 29.1 Å². The largest absolute Gasteiger partial charge is 0.435 e. The second-order valence-electron chi connectivity index (χ2n) is 6.94. The molecule has 0 aliphatic carbocycles. The van der Waals surface area contributed by atoms with Gasteiger partial charge in [-0.2, -0.15) is 18.3 Å². The standard InChI is InChI=1S/C18H20F4N4O2S/c1-29(27,28)25-13-7-5-6-12(17(13)19)10-14-15(26-8-3-2-4-9-26)11-16(24-23-14)18(20,21)22/h5-7,11,25H,2-4,8-10H2,1H3. The van der Waals surface area contributed by atoms with Gasteiger partial charge in [-0.15, -0.1) is 5.10 Å². The van der Waals surface area contributed by atoms with Gasteiger partial charge in [0.1, 0.15) is 0 Å². The highest BCUT2D eigenvalue weighted by atomic mass is 32.2. The number of alkyl halides is 3. The minimum Gasteiger partial charge on any atom is -0.370 e. The summed E-state index contributed by atoms with van der Waals surface area (Å²) in [6, 6.07) is 5.11. The van der Waals surface area contributed by atoms with Crippen LogP contribution in [-0.2, 0) is 22.6 Å². The van der Waals surface area contributed by atoms with Crippen molar-refractivity contribution in [2.24, 2.45) is 0 Å². The summed E-state index contributed by atoms with van der Waals surface area (Å²) in [5.41, 5.74) is -0.756. The second kappa shape index (κ2) is 8.13. The molecule has 11 heteroatoms. The van der Waals surface area contributed by atoms with E-state index in [4.69, 9.17) is 0 Å². The summed E-state index contributed by atoms with van der Waals surface area (Å²) in [6.45, 7) is 1.16. The Bertz CT molecular complexity index is 990. The first-order valence-corrected chi connectivity index (χ1v) is 10.9. The van der Waals surface area contributed by atoms with Gasteiger partial charge in [0.2, 0.25) is 10.0 Å². The number of sulfonamides is 1. The first kappa shape index (κ1) is 21.3. The number of anilines is 2. The van der Waals surface area contributed by atoms with E-state index in [0.29, 0.717) is 13.1 Å². The van der Waals surface area contributed by atoms with E-state index in [9.17, 15) is 26.0 Å². The normalized spacial score (nSPS) is 15.4. The molecular formula is C18H20F4N4O2S. The van der Waals surface area contributed by atoms with Gasteiger partial charge in [0.15, 0.2) is 11.5 Å². The lowest BCUT2D eigenvalue weighted by Crippen LogP contribution is -2.31. The van der Waals surface area contributed by atoms with E-state index >= 15 is 0 Å². The molecule has 1 fully saturated rings. The van der Waals surface area contributed by atoms with Crippen LogP contribution in [0.2, 0.25) is 0 Å². The summed E-state index contributed by atoms with van der Waals surface area (Å²) in [5.74, 6) is -0.802. The van der Waals surface area contributed by atoms with Crippen molar-refractivity contribution in [1.82, 2.24) is 10.2 Å². The fourth-order valence-electron chi connectivity index (χ4n) is 3.26. The molecule has 0 amide bonds. The number of halogens is 4. The number of hydrogen-bond donors (Lipinski definition) is 1. The maximum absolute atomic E-state index is 14.8. The molecule has 3 rings (SSSR count). The van der Waals surface area contributed by atoms with Crippen LogP contribution in [0.4, 0.5) is 28.9 Å². The van der Waals surface area contributed by atoms with Gasteiger partial charge in [0.25, 0.3) is 0 Å². The molecule has 1 aromatic carbocycles. The summed E-state index contributed by atoms with van der Waals surface area (Å²) in [5, 5.41) is 7.02. The Morgan fingerprint density at radius 1 is 1.14 bits per heavy atom. The van der Waals surface area contributed by atoms with Crippen LogP contribution in [0.15, 0.2) is 24.3 Å². The number of benzene rings is 1. The predicted octanol–water partition coefficient (Wildman–Crippen LogP) is 3.59. The molecule has 158 valence electrons. The molecule has 1 aliphatic heterocycles. The molecule has 0 radical (unpaired) electrons. The zero-order chi connectivity index (χ0) is 21.2. The van der Waals surface area contributed by atoms with Gasteiger partial charge in [-0.1, -0.05) is 12.1 Å². The van der Waals surface area contributed by atoms with Crippen LogP contribution < -0.4 is 9.62 Å². The summed E-state index contributed by atoms with van der Waals surface area (Å²) in [6.07, 6.45) is -1.20. The number of aromatic nitrogens is 2. The predicted molar refractivity (Wildman–Crippen MR) is 101 cm³/mol. The highest BCUT2D eigenvalue weighted by Crippen LogP contribution is 2.33. The van der Waals surface area contributed by atoms with E-state index in [2.05, 4.69) is 14.9 Å². The Labute approximate surface area is 166 Å². The van der Waals surface area contributed by atoms with Crippen LogP contribution in [0.3, 0.4) is 0 Å². The molecule has 0 unspecified atom stereocenters. The monoisotopic (exact) mass is 432 g/mol. The van der Waals surface area contributed by atoms with Crippen LogP contribution >= 0.6 is 0 Å². The maximum Gasteiger partial charge on any atom is 0.435 e. The Morgan fingerprint density at radius 2 is 1.83 bits per heavy atom. The van der Waals surface area contributed by atoms with E-state index in [1.807, 2.05) is 0 Å². The molecule has 1 aliphatic rings. The molecule has 0 atom stereocenters. The number of piperidine rings is 1. The molecule has 0 bridgehead atoms. The van der Waals surface area contributed by atoms with Crippen molar-refractivity contribution < 1.29 is 26.0 Å². The van der Waals surface area contributed by atoms with Crippen LogP contribution in [0.1, 0.15) is 36.2 Å². The number of nitrogens with zero attached hydrogens (tertiary/aromatic N) is 3. The summed E-state index contributed by atoms with van der Waals surface area (Å²) >= 11 is 0. The summed E-state index contributed by atoms with van der Waals surface area (Å²) in [4.78, 5) is 1.80. The number of rotatable bonds is 5. The second-order valence-corrected chi connectivity index (χ2v) is 8.69. The minimum absolute atomic E-state index is 0.103. The van der Waals surface area contributed by atoms with Crippen molar-refractivity contribution in [1.29, 1.82) is 0 Å². The molecule has 1 saturated heterocycles. The Hall–Kier alpha value is -2.43. The Kier molecular flexibility index (Phi) is 5.97. The smallest absolute Gasteiger partial charge is 0.370 e. The van der Waals surface area contributed by atoms with Crippen LogP contribution in [-0.4, -0.2) is 38.0 Å². The van der Waals surface area contributed by atoms with E-state index in [1.165, 1.54) is 18.2 Å². The highest BCUT2D eigenvalue weighted by molar-refractivity contribution is 7.92. The third-order valence-corrected chi connectivity index (χ3v) is 5.16. The van der Waals surface area contributed by atoms with Gasteiger partial charge >= 0.3 is 6.18 Å². The SMILES string of the molecule is CS(=O)(=O)Nc1cccc(Cc2nnc(C(F)(F)F)cc2N2CCCCC2)c1F. The number of nitrogens with one attached hydrogen (secondary N) is 1. The molecule has 1 aromatic heterocycles. The fourth-order valence-corrected chi connectivity index (χ4v) is 3.81. The fraction of sp³-hybridized carbons (Fsp3) is 0.444. The molecule has 0 spiro atoms. The van der Waals surface area contributed by atoms with E-state index in [1.54, 1.807) is 4.90 Å². The van der Waals surface area contributed by atoms with Crippen LogP contribution in [0.5, 0.6) is 0 Å². The topological polar surface area (TPSA) is 75.2 Å². The summed E-state index contributed by atoms with van der Waals surface area (Å²) < 4.78 is 79.0. The lowest BCUT2D eigenvalue weighted by molar-refractivity contribution is -0.141. The molecule has 0 saturated carbocycles. The Balaban J connectivity index is 1.99. The van der Waals surface area contributed by atoms with E-state index < -0.39 is 27.7 Å². The molecule has 2 heterocycles. The molecule has 6 nitrogen and oxygen atoms in total. The lowest BCUT2D eigenvalue weighted by atomic mass is 10.0. The van der Waals surface area contributed by atoms with E-state index in [0.717, 1.165) is 31.6 Å². The zero-order valence-corrected chi connectivity index (χ0v) is 16.4. The molecular weight excluding hydrogens is 412 g/mol. The van der Waals surface area contributed by atoms with Crippen molar-refractivity contribution in [3.63, 3.8) is 0 Å². The van der Waals surface area contributed by atoms with Gasteiger partial charge in [-0.05, 0) is 37.0 Å². The first-order chi connectivity index (χ1) is 13.5. The Morgan fingerprint density at radius 3 is 2.45 bits per heavy atom.